The highest BCUT2D eigenvalue weighted by atomic mass is 35.5. The molecule has 1 heterocycles. The fourth-order valence-corrected chi connectivity index (χ4v) is 2.36. The standard InChI is InChI=1S/C15H11ClFNO/c1-19-15-7-9-6-14(18-13(9)8-11(15)16)10-4-2-3-5-12(10)17/h2-8,18H,1H3. The monoisotopic (exact) mass is 275 g/mol. The highest BCUT2D eigenvalue weighted by Crippen LogP contribution is 2.33. The number of halogens is 2. The zero-order chi connectivity index (χ0) is 13.4. The number of rotatable bonds is 2. The summed E-state index contributed by atoms with van der Waals surface area (Å²) in [7, 11) is 1.57. The maximum atomic E-state index is 13.8. The van der Waals surface area contributed by atoms with Crippen molar-refractivity contribution in [3.63, 3.8) is 0 Å². The molecular formula is C15H11ClFNO. The summed E-state index contributed by atoms with van der Waals surface area (Å²) in [5.41, 5.74) is 2.11. The Morgan fingerprint density at radius 1 is 1.16 bits per heavy atom. The molecule has 1 N–H and O–H groups in total. The van der Waals surface area contributed by atoms with Crippen molar-refractivity contribution in [3.05, 3.63) is 53.3 Å². The van der Waals surface area contributed by atoms with Crippen LogP contribution in [0.1, 0.15) is 0 Å². The SMILES string of the molecule is COc1cc2cc(-c3ccccc3F)[nH]c2cc1Cl. The second-order valence-electron chi connectivity index (χ2n) is 4.24. The van der Waals surface area contributed by atoms with Crippen molar-refractivity contribution in [3.8, 4) is 17.0 Å². The van der Waals surface area contributed by atoms with Gasteiger partial charge in [0.2, 0.25) is 0 Å². The maximum absolute atomic E-state index is 13.8. The van der Waals surface area contributed by atoms with Crippen LogP contribution >= 0.6 is 11.6 Å². The molecule has 0 bridgehead atoms. The van der Waals surface area contributed by atoms with Gasteiger partial charge in [0.05, 0.1) is 12.1 Å². The van der Waals surface area contributed by atoms with Gasteiger partial charge in [-0.1, -0.05) is 23.7 Å². The Kier molecular flexibility index (Phi) is 2.91. The fourth-order valence-electron chi connectivity index (χ4n) is 2.11. The second kappa shape index (κ2) is 4.59. The lowest BCUT2D eigenvalue weighted by Gasteiger charge is -2.01. The Morgan fingerprint density at radius 2 is 1.95 bits per heavy atom. The Labute approximate surface area is 114 Å². The summed E-state index contributed by atoms with van der Waals surface area (Å²) in [4.78, 5) is 3.16. The molecule has 2 aromatic carbocycles. The van der Waals surface area contributed by atoms with Gasteiger partial charge in [-0.15, -0.1) is 0 Å². The molecule has 3 aromatic rings. The van der Waals surface area contributed by atoms with Crippen molar-refractivity contribution in [2.45, 2.75) is 0 Å². The van der Waals surface area contributed by atoms with E-state index in [0.29, 0.717) is 16.3 Å². The van der Waals surface area contributed by atoms with Crippen LogP contribution in [0.2, 0.25) is 5.02 Å². The number of aromatic amines is 1. The molecule has 0 unspecified atom stereocenters. The molecule has 0 atom stereocenters. The quantitative estimate of drug-likeness (QED) is 0.724. The topological polar surface area (TPSA) is 25.0 Å². The molecule has 1 aromatic heterocycles. The minimum absolute atomic E-state index is 0.257. The van der Waals surface area contributed by atoms with E-state index in [1.807, 2.05) is 12.1 Å². The van der Waals surface area contributed by atoms with E-state index in [1.165, 1.54) is 6.07 Å². The van der Waals surface area contributed by atoms with Gasteiger partial charge in [0, 0.05) is 22.2 Å². The summed E-state index contributed by atoms with van der Waals surface area (Å²) in [6.45, 7) is 0. The highest BCUT2D eigenvalue weighted by Gasteiger charge is 2.10. The lowest BCUT2D eigenvalue weighted by molar-refractivity contribution is 0.415. The number of benzene rings is 2. The molecule has 2 nitrogen and oxygen atoms in total. The Morgan fingerprint density at radius 3 is 2.68 bits per heavy atom. The number of methoxy groups -OCH3 is 1. The molecule has 0 fully saturated rings. The number of aromatic nitrogens is 1. The molecule has 0 amide bonds. The van der Waals surface area contributed by atoms with E-state index < -0.39 is 0 Å². The van der Waals surface area contributed by atoms with Crippen molar-refractivity contribution in [2.24, 2.45) is 0 Å². The number of fused-ring (bicyclic) bond motifs is 1. The first-order chi connectivity index (χ1) is 9.19. The molecular weight excluding hydrogens is 265 g/mol. The summed E-state index contributed by atoms with van der Waals surface area (Å²) in [6.07, 6.45) is 0. The van der Waals surface area contributed by atoms with E-state index in [0.717, 1.165) is 16.6 Å². The molecule has 0 aliphatic carbocycles. The lowest BCUT2D eigenvalue weighted by atomic mass is 10.1. The van der Waals surface area contributed by atoms with Gasteiger partial charge in [-0.2, -0.15) is 0 Å². The van der Waals surface area contributed by atoms with E-state index in [-0.39, 0.29) is 5.82 Å². The van der Waals surface area contributed by atoms with Crippen LogP contribution in [0.25, 0.3) is 22.2 Å². The number of hydrogen-bond donors (Lipinski definition) is 1. The average molecular weight is 276 g/mol. The first kappa shape index (κ1) is 12.1. The number of ether oxygens (including phenoxy) is 1. The molecule has 19 heavy (non-hydrogen) atoms. The third-order valence-corrected chi connectivity index (χ3v) is 3.35. The normalized spacial score (nSPS) is 10.9. The third kappa shape index (κ3) is 2.06. The highest BCUT2D eigenvalue weighted by molar-refractivity contribution is 6.32. The fraction of sp³-hybridized carbons (Fsp3) is 0.0667. The molecule has 0 spiro atoms. The van der Waals surface area contributed by atoms with E-state index in [1.54, 1.807) is 31.4 Å². The van der Waals surface area contributed by atoms with Crippen molar-refractivity contribution in [2.75, 3.05) is 7.11 Å². The number of hydrogen-bond acceptors (Lipinski definition) is 1. The predicted molar refractivity (Wildman–Crippen MR) is 75.3 cm³/mol. The smallest absolute Gasteiger partial charge is 0.138 e. The summed E-state index contributed by atoms with van der Waals surface area (Å²) in [6, 6.07) is 12.1. The molecule has 0 saturated carbocycles. The van der Waals surface area contributed by atoms with Crippen LogP contribution in [0, 0.1) is 5.82 Å². The predicted octanol–water partition coefficient (Wildman–Crippen LogP) is 4.64. The first-order valence-corrected chi connectivity index (χ1v) is 6.18. The van der Waals surface area contributed by atoms with E-state index in [2.05, 4.69) is 4.98 Å². The second-order valence-corrected chi connectivity index (χ2v) is 4.64. The van der Waals surface area contributed by atoms with Gasteiger partial charge in [-0.25, -0.2) is 4.39 Å². The summed E-state index contributed by atoms with van der Waals surface area (Å²) in [5, 5.41) is 1.46. The molecule has 0 radical (unpaired) electrons. The minimum atomic E-state index is -0.257. The molecule has 0 aliphatic rings. The Balaban J connectivity index is 2.20. The van der Waals surface area contributed by atoms with Crippen LogP contribution < -0.4 is 4.74 Å². The molecule has 4 heteroatoms. The van der Waals surface area contributed by atoms with Gasteiger partial charge in [-0.3, -0.25) is 0 Å². The van der Waals surface area contributed by atoms with Crippen molar-refractivity contribution in [1.29, 1.82) is 0 Å². The van der Waals surface area contributed by atoms with Gasteiger partial charge >= 0.3 is 0 Å². The van der Waals surface area contributed by atoms with Gasteiger partial charge < -0.3 is 9.72 Å². The lowest BCUT2D eigenvalue weighted by Crippen LogP contribution is -1.83. The molecule has 3 rings (SSSR count). The summed E-state index contributed by atoms with van der Waals surface area (Å²) < 4.78 is 18.9. The van der Waals surface area contributed by atoms with Crippen LogP contribution in [-0.2, 0) is 0 Å². The van der Waals surface area contributed by atoms with Gasteiger partial charge in [0.25, 0.3) is 0 Å². The van der Waals surface area contributed by atoms with Crippen LogP contribution in [0.15, 0.2) is 42.5 Å². The summed E-state index contributed by atoms with van der Waals surface area (Å²) >= 11 is 6.07. The number of H-pyrrole nitrogens is 1. The van der Waals surface area contributed by atoms with E-state index in [9.17, 15) is 4.39 Å². The largest absolute Gasteiger partial charge is 0.495 e. The van der Waals surface area contributed by atoms with Crippen molar-refractivity contribution < 1.29 is 9.13 Å². The van der Waals surface area contributed by atoms with Crippen molar-refractivity contribution >= 4 is 22.5 Å². The van der Waals surface area contributed by atoms with Crippen LogP contribution in [0.4, 0.5) is 4.39 Å². The average Bonchev–Trinajstić information content (AvgIpc) is 2.80. The summed E-state index contributed by atoms with van der Waals surface area (Å²) in [5.74, 6) is 0.348. The van der Waals surface area contributed by atoms with Crippen LogP contribution in [0.5, 0.6) is 5.75 Å². The molecule has 0 aliphatic heterocycles. The van der Waals surface area contributed by atoms with Gasteiger partial charge in [-0.05, 0) is 30.3 Å². The van der Waals surface area contributed by atoms with E-state index in [4.69, 9.17) is 16.3 Å². The molecule has 96 valence electrons. The third-order valence-electron chi connectivity index (χ3n) is 3.06. The first-order valence-electron chi connectivity index (χ1n) is 5.80. The van der Waals surface area contributed by atoms with Crippen LogP contribution in [-0.4, -0.2) is 12.1 Å². The van der Waals surface area contributed by atoms with Crippen LogP contribution in [0.3, 0.4) is 0 Å². The maximum Gasteiger partial charge on any atom is 0.138 e. The minimum Gasteiger partial charge on any atom is -0.495 e. The zero-order valence-corrected chi connectivity index (χ0v) is 11.0. The van der Waals surface area contributed by atoms with Gasteiger partial charge in [0.1, 0.15) is 11.6 Å². The Bertz CT molecular complexity index is 751. The van der Waals surface area contributed by atoms with Gasteiger partial charge in [0.15, 0.2) is 0 Å². The number of nitrogens with one attached hydrogen (secondary N) is 1. The van der Waals surface area contributed by atoms with E-state index >= 15 is 0 Å². The molecule has 0 saturated heterocycles. The van der Waals surface area contributed by atoms with Crippen molar-refractivity contribution in [1.82, 2.24) is 4.98 Å². The zero-order valence-electron chi connectivity index (χ0n) is 10.2. The Hall–Kier alpha value is -2.00.